The van der Waals surface area contributed by atoms with Crippen LogP contribution in [0.3, 0.4) is 0 Å². The molecule has 0 amide bonds. The summed E-state index contributed by atoms with van der Waals surface area (Å²) >= 11 is 5.88. The minimum Gasteiger partial charge on any atom is -0.330 e. The molecule has 0 radical (unpaired) electrons. The molecular weight excluding hydrogens is 292 g/mol. The van der Waals surface area contributed by atoms with Crippen molar-refractivity contribution in [3.05, 3.63) is 51.3 Å². The van der Waals surface area contributed by atoms with Gasteiger partial charge in [-0.2, -0.15) is 0 Å². The Morgan fingerprint density at radius 3 is 3.05 bits per heavy atom. The molecule has 21 heavy (non-hydrogen) atoms. The second-order valence-electron chi connectivity index (χ2n) is 4.62. The molecule has 0 bridgehead atoms. The van der Waals surface area contributed by atoms with Crippen LogP contribution in [0.5, 0.6) is 0 Å². The Labute approximate surface area is 124 Å². The van der Waals surface area contributed by atoms with Crippen molar-refractivity contribution in [1.82, 2.24) is 25.0 Å². The number of fused-ring (bicyclic) bond motifs is 1. The zero-order valence-corrected chi connectivity index (χ0v) is 11.8. The summed E-state index contributed by atoms with van der Waals surface area (Å²) in [5.41, 5.74) is 6.66. The number of hydrogen-bond acceptors (Lipinski definition) is 5. The largest absolute Gasteiger partial charge is 0.330 e. The molecule has 3 aromatic rings. The van der Waals surface area contributed by atoms with Crippen LogP contribution in [-0.4, -0.2) is 31.5 Å². The molecule has 3 rings (SSSR count). The molecule has 2 aromatic heterocycles. The van der Waals surface area contributed by atoms with E-state index in [-0.39, 0.29) is 5.56 Å². The summed E-state index contributed by atoms with van der Waals surface area (Å²) < 4.78 is 1.62. The normalized spacial score (nSPS) is 11.1. The van der Waals surface area contributed by atoms with Crippen LogP contribution in [0.4, 0.5) is 0 Å². The number of H-pyrrole nitrogens is 1. The zero-order chi connectivity index (χ0) is 14.8. The third-order valence-corrected chi connectivity index (χ3v) is 3.25. The molecule has 0 aliphatic rings. The number of nitrogens with two attached hydrogens (primary N) is 1. The van der Waals surface area contributed by atoms with E-state index in [1.54, 1.807) is 29.1 Å². The number of benzene rings is 1. The van der Waals surface area contributed by atoms with Crippen molar-refractivity contribution < 1.29 is 0 Å². The average Bonchev–Trinajstić information content (AvgIpc) is 2.87. The topological polar surface area (TPSA) is 102 Å². The van der Waals surface area contributed by atoms with Crippen molar-refractivity contribution in [2.75, 3.05) is 6.54 Å². The lowest BCUT2D eigenvalue weighted by Crippen LogP contribution is -2.14. The Morgan fingerprint density at radius 2 is 2.24 bits per heavy atom. The van der Waals surface area contributed by atoms with E-state index in [0.29, 0.717) is 41.3 Å². The summed E-state index contributed by atoms with van der Waals surface area (Å²) in [6.45, 7) is 0.857. The minimum absolute atomic E-state index is 0.222. The van der Waals surface area contributed by atoms with Gasteiger partial charge in [0.1, 0.15) is 12.4 Å². The van der Waals surface area contributed by atoms with Crippen LogP contribution in [0.25, 0.3) is 10.9 Å². The summed E-state index contributed by atoms with van der Waals surface area (Å²) in [5, 5.41) is 8.95. The van der Waals surface area contributed by atoms with Gasteiger partial charge in [0.25, 0.3) is 5.56 Å². The highest BCUT2D eigenvalue weighted by atomic mass is 35.5. The molecule has 2 heterocycles. The van der Waals surface area contributed by atoms with E-state index in [0.717, 1.165) is 5.69 Å². The molecule has 0 aliphatic carbocycles. The van der Waals surface area contributed by atoms with Crippen molar-refractivity contribution in [1.29, 1.82) is 0 Å². The number of aromatic amines is 1. The minimum atomic E-state index is -0.222. The number of hydrogen-bond donors (Lipinski definition) is 2. The second kappa shape index (κ2) is 5.63. The summed E-state index contributed by atoms with van der Waals surface area (Å²) in [5.74, 6) is 0.513. The third-order valence-electron chi connectivity index (χ3n) is 3.01. The second-order valence-corrected chi connectivity index (χ2v) is 5.06. The van der Waals surface area contributed by atoms with Crippen molar-refractivity contribution in [2.24, 2.45) is 5.73 Å². The lowest BCUT2D eigenvalue weighted by molar-refractivity contribution is 0.625. The molecule has 8 heteroatoms. The number of rotatable bonds is 4. The predicted octanol–water partition coefficient (Wildman–Crippen LogP) is 0.717. The smallest absolute Gasteiger partial charge is 0.258 e. The van der Waals surface area contributed by atoms with E-state index >= 15 is 0 Å². The monoisotopic (exact) mass is 304 g/mol. The van der Waals surface area contributed by atoms with E-state index in [4.69, 9.17) is 17.3 Å². The maximum atomic E-state index is 12.0. The van der Waals surface area contributed by atoms with Crippen LogP contribution in [0.2, 0.25) is 5.02 Å². The van der Waals surface area contributed by atoms with Gasteiger partial charge in [-0.3, -0.25) is 4.79 Å². The van der Waals surface area contributed by atoms with Gasteiger partial charge in [0.15, 0.2) is 0 Å². The Kier molecular flexibility index (Phi) is 3.68. The first kappa shape index (κ1) is 13.7. The van der Waals surface area contributed by atoms with Crippen molar-refractivity contribution >= 4 is 22.5 Å². The Morgan fingerprint density at radius 1 is 1.38 bits per heavy atom. The molecule has 0 saturated heterocycles. The molecular formula is C13H13ClN6O. The SMILES string of the molecule is NCCc1cn(Cc2nc3ccc(Cl)cc3c(=O)[nH]2)nn1. The number of aromatic nitrogens is 5. The molecule has 0 unspecified atom stereocenters. The fraction of sp³-hybridized carbons (Fsp3) is 0.231. The zero-order valence-electron chi connectivity index (χ0n) is 11.1. The van der Waals surface area contributed by atoms with Gasteiger partial charge in [-0.05, 0) is 24.7 Å². The summed E-state index contributed by atoms with van der Waals surface area (Å²) in [6.07, 6.45) is 2.46. The highest BCUT2D eigenvalue weighted by Crippen LogP contribution is 2.14. The molecule has 108 valence electrons. The molecule has 3 N–H and O–H groups in total. The van der Waals surface area contributed by atoms with Gasteiger partial charge in [-0.25, -0.2) is 9.67 Å². The standard InChI is InChI=1S/C13H13ClN6O/c14-8-1-2-11-10(5-8)13(21)17-12(16-11)7-20-6-9(3-4-15)18-19-20/h1-2,5-6H,3-4,7,15H2,(H,16,17,21). The van der Waals surface area contributed by atoms with Crippen LogP contribution < -0.4 is 11.3 Å². The van der Waals surface area contributed by atoms with Gasteiger partial charge in [0, 0.05) is 17.6 Å². The molecule has 0 saturated carbocycles. The van der Waals surface area contributed by atoms with Crippen LogP contribution >= 0.6 is 11.6 Å². The highest BCUT2D eigenvalue weighted by molar-refractivity contribution is 6.31. The Balaban J connectivity index is 1.93. The van der Waals surface area contributed by atoms with Gasteiger partial charge in [0.2, 0.25) is 0 Å². The molecule has 0 spiro atoms. The molecule has 0 atom stereocenters. The first-order valence-electron chi connectivity index (χ1n) is 6.43. The quantitative estimate of drug-likeness (QED) is 0.739. The van der Waals surface area contributed by atoms with Crippen molar-refractivity contribution in [3.8, 4) is 0 Å². The first-order valence-corrected chi connectivity index (χ1v) is 6.81. The molecule has 7 nitrogen and oxygen atoms in total. The highest BCUT2D eigenvalue weighted by Gasteiger charge is 2.07. The maximum absolute atomic E-state index is 12.0. The summed E-state index contributed by atoms with van der Waals surface area (Å²) in [4.78, 5) is 19.2. The van der Waals surface area contributed by atoms with Gasteiger partial charge in [-0.15, -0.1) is 5.10 Å². The Bertz CT molecular complexity index is 840. The van der Waals surface area contributed by atoms with E-state index < -0.39 is 0 Å². The fourth-order valence-electron chi connectivity index (χ4n) is 2.07. The van der Waals surface area contributed by atoms with Gasteiger partial charge >= 0.3 is 0 Å². The van der Waals surface area contributed by atoms with Crippen molar-refractivity contribution in [2.45, 2.75) is 13.0 Å². The van der Waals surface area contributed by atoms with E-state index in [9.17, 15) is 4.79 Å². The number of halogens is 1. The van der Waals surface area contributed by atoms with E-state index in [1.807, 2.05) is 0 Å². The van der Waals surface area contributed by atoms with E-state index in [2.05, 4.69) is 20.3 Å². The van der Waals surface area contributed by atoms with Crippen LogP contribution in [0.15, 0.2) is 29.2 Å². The molecule has 0 fully saturated rings. The molecule has 0 aliphatic heterocycles. The van der Waals surface area contributed by atoms with Crippen LogP contribution in [-0.2, 0) is 13.0 Å². The maximum Gasteiger partial charge on any atom is 0.258 e. The first-order chi connectivity index (χ1) is 10.2. The van der Waals surface area contributed by atoms with Crippen LogP contribution in [0, 0.1) is 0 Å². The lowest BCUT2D eigenvalue weighted by Gasteiger charge is -2.03. The molecule has 1 aromatic carbocycles. The van der Waals surface area contributed by atoms with Gasteiger partial charge in [-0.1, -0.05) is 16.8 Å². The van der Waals surface area contributed by atoms with Crippen molar-refractivity contribution in [3.63, 3.8) is 0 Å². The van der Waals surface area contributed by atoms with Gasteiger partial charge < -0.3 is 10.7 Å². The number of nitrogens with one attached hydrogen (secondary N) is 1. The van der Waals surface area contributed by atoms with Crippen LogP contribution in [0.1, 0.15) is 11.5 Å². The Hall–Kier alpha value is -2.25. The summed E-state index contributed by atoms with van der Waals surface area (Å²) in [7, 11) is 0. The lowest BCUT2D eigenvalue weighted by atomic mass is 10.2. The van der Waals surface area contributed by atoms with E-state index in [1.165, 1.54) is 0 Å². The van der Waals surface area contributed by atoms with Gasteiger partial charge in [0.05, 0.1) is 16.6 Å². The fourth-order valence-corrected chi connectivity index (χ4v) is 2.24. The third kappa shape index (κ3) is 2.93. The number of nitrogens with zero attached hydrogens (tertiary/aromatic N) is 4. The average molecular weight is 305 g/mol. The predicted molar refractivity (Wildman–Crippen MR) is 79.3 cm³/mol. The summed E-state index contributed by atoms with van der Waals surface area (Å²) in [6, 6.07) is 5.02.